The molecule has 0 aliphatic carbocycles. The molecule has 0 bridgehead atoms. The third-order valence-electron chi connectivity index (χ3n) is 10.9. The van der Waals surface area contributed by atoms with Crippen LogP contribution in [0, 0.1) is 0 Å². The van der Waals surface area contributed by atoms with Crippen molar-refractivity contribution in [3.8, 4) is 22.3 Å². The second kappa shape index (κ2) is 9.26. The summed E-state index contributed by atoms with van der Waals surface area (Å²) in [5.41, 5.74) is 17.8. The highest BCUT2D eigenvalue weighted by atomic mass is 14.3. The number of benzene rings is 4. The molecule has 0 fully saturated rings. The summed E-state index contributed by atoms with van der Waals surface area (Å²) < 4.78 is 0. The van der Waals surface area contributed by atoms with Gasteiger partial charge in [0.25, 0.3) is 0 Å². The first-order valence-electron chi connectivity index (χ1n) is 16.5. The summed E-state index contributed by atoms with van der Waals surface area (Å²) in [5.74, 6) is 0. The van der Waals surface area contributed by atoms with Crippen molar-refractivity contribution < 1.29 is 0 Å². The zero-order valence-electron chi connectivity index (χ0n) is 29.1. The Morgan fingerprint density at radius 3 is 0.977 bits per heavy atom. The SMILES string of the molecule is C[B-]1(B2c3cc(C(C)(C)C)ccc3-c3ccc(C(C)(C)C)cc32)c2cc(C(C)(C)C)ccc2-c2ccc(C(C)(C)C)cc21. The molecule has 0 nitrogen and oxygen atoms in total. The summed E-state index contributed by atoms with van der Waals surface area (Å²) in [4.78, 5) is 0. The number of hydrogen-bond acceptors (Lipinski definition) is 0. The van der Waals surface area contributed by atoms with Crippen LogP contribution in [0.15, 0.2) is 72.8 Å². The zero-order chi connectivity index (χ0) is 31.5. The van der Waals surface area contributed by atoms with E-state index in [-0.39, 0.29) is 28.3 Å². The number of hydrogen-bond donors (Lipinski definition) is 0. The third-order valence-corrected chi connectivity index (χ3v) is 10.9. The van der Waals surface area contributed by atoms with E-state index < -0.39 is 6.04 Å². The van der Waals surface area contributed by atoms with Gasteiger partial charge in [-0.05, 0) is 55.0 Å². The van der Waals surface area contributed by atoms with Crippen molar-refractivity contribution in [2.24, 2.45) is 0 Å². The summed E-state index contributed by atoms with van der Waals surface area (Å²) >= 11 is 0. The lowest BCUT2D eigenvalue weighted by atomic mass is 8.90. The molecule has 222 valence electrons. The minimum absolute atomic E-state index is 0.0850. The molecule has 2 heterocycles. The van der Waals surface area contributed by atoms with Gasteiger partial charge in [0.15, 0.2) is 0 Å². The van der Waals surface area contributed by atoms with E-state index in [1.165, 1.54) is 55.4 Å². The van der Waals surface area contributed by atoms with Crippen LogP contribution >= 0.6 is 0 Å². The molecule has 0 amide bonds. The summed E-state index contributed by atoms with van der Waals surface area (Å²) in [6, 6.07) is 28.4. The Kier molecular flexibility index (Phi) is 6.47. The molecule has 2 heteroatoms. The molecule has 0 spiro atoms. The molecule has 0 saturated carbocycles. The molecule has 4 aromatic carbocycles. The molecule has 0 N–H and O–H groups in total. The molecule has 0 unspecified atom stereocenters. The first kappa shape index (κ1) is 30.1. The van der Waals surface area contributed by atoms with E-state index in [0.29, 0.717) is 0 Å². The fraction of sp³-hybridized carbons (Fsp3) is 0.415. The quantitative estimate of drug-likeness (QED) is 0.203. The molecule has 0 aromatic heterocycles. The van der Waals surface area contributed by atoms with Gasteiger partial charge in [0.05, 0.1) is 6.60 Å². The molecule has 6 rings (SSSR count). The second-order valence-electron chi connectivity index (χ2n) is 18.1. The van der Waals surface area contributed by atoms with Crippen molar-refractivity contribution in [2.75, 3.05) is 0 Å². The van der Waals surface area contributed by atoms with Crippen LogP contribution < -0.4 is 21.9 Å². The predicted molar refractivity (Wildman–Crippen MR) is 194 cm³/mol. The molecular formula is C41H51B2-. The first-order chi connectivity index (χ1) is 19.7. The van der Waals surface area contributed by atoms with Crippen LogP contribution in [-0.2, 0) is 21.7 Å². The average Bonchev–Trinajstić information content (AvgIpc) is 3.35. The summed E-state index contributed by atoms with van der Waals surface area (Å²) in [7, 11) is 0. The molecule has 2 aliphatic heterocycles. The van der Waals surface area contributed by atoms with Crippen molar-refractivity contribution in [3.63, 3.8) is 0 Å². The van der Waals surface area contributed by atoms with Gasteiger partial charge in [-0.2, -0.15) is 6.82 Å². The highest BCUT2D eigenvalue weighted by Crippen LogP contribution is 2.39. The van der Waals surface area contributed by atoms with Crippen LogP contribution in [0.3, 0.4) is 0 Å². The van der Waals surface area contributed by atoms with E-state index in [1.807, 2.05) is 0 Å². The van der Waals surface area contributed by atoms with Gasteiger partial charge in [0.2, 0.25) is 0 Å². The van der Waals surface area contributed by atoms with E-state index in [4.69, 9.17) is 0 Å². The molecule has 43 heavy (non-hydrogen) atoms. The lowest BCUT2D eigenvalue weighted by Gasteiger charge is -2.42. The van der Waals surface area contributed by atoms with E-state index in [0.717, 1.165) is 0 Å². The molecule has 0 radical (unpaired) electrons. The van der Waals surface area contributed by atoms with Gasteiger partial charge in [-0.3, -0.25) is 0 Å². The topological polar surface area (TPSA) is 0 Å². The van der Waals surface area contributed by atoms with Gasteiger partial charge >= 0.3 is 0 Å². The normalized spacial score (nSPS) is 15.7. The van der Waals surface area contributed by atoms with Crippen molar-refractivity contribution in [2.45, 2.75) is 112 Å². The van der Waals surface area contributed by atoms with Crippen LogP contribution in [0.25, 0.3) is 22.3 Å². The lowest BCUT2D eigenvalue weighted by molar-refractivity contribution is 0.590. The highest BCUT2D eigenvalue weighted by molar-refractivity contribution is 7.53. The minimum atomic E-state index is -1.19. The van der Waals surface area contributed by atoms with Crippen LogP contribution in [0.2, 0.25) is 6.82 Å². The third kappa shape index (κ3) is 4.67. The van der Waals surface area contributed by atoms with Crippen molar-refractivity contribution in [3.05, 3.63) is 95.1 Å². The van der Waals surface area contributed by atoms with E-state index in [9.17, 15) is 0 Å². The molecular weight excluding hydrogens is 514 g/mol. The predicted octanol–water partition coefficient (Wildman–Crippen LogP) is 8.42. The second-order valence-corrected chi connectivity index (χ2v) is 18.1. The van der Waals surface area contributed by atoms with E-state index in [2.05, 4.69) is 163 Å². The van der Waals surface area contributed by atoms with E-state index in [1.54, 1.807) is 10.9 Å². The Morgan fingerprint density at radius 1 is 0.395 bits per heavy atom. The summed E-state index contributed by atoms with van der Waals surface area (Å²) in [6.45, 7) is 31.1. The van der Waals surface area contributed by atoms with Gasteiger partial charge < -0.3 is 0 Å². The van der Waals surface area contributed by atoms with E-state index >= 15 is 0 Å². The number of rotatable bonds is 1. The monoisotopic (exact) mass is 565 g/mol. The van der Waals surface area contributed by atoms with Crippen LogP contribution in [0.4, 0.5) is 0 Å². The Labute approximate surface area is 262 Å². The fourth-order valence-electron chi connectivity index (χ4n) is 8.02. The maximum Gasteiger partial charge on any atom is 0.0578 e. The summed E-state index contributed by atoms with van der Waals surface area (Å²) in [5, 5.41) is 0. The summed E-state index contributed by atoms with van der Waals surface area (Å²) in [6.07, 6.45) is 0. The maximum absolute atomic E-state index is 2.63. The van der Waals surface area contributed by atoms with Crippen LogP contribution in [-0.4, -0.2) is 12.6 Å². The van der Waals surface area contributed by atoms with Gasteiger partial charge in [-0.1, -0.05) is 167 Å². The fourth-order valence-corrected chi connectivity index (χ4v) is 8.02. The van der Waals surface area contributed by atoms with Gasteiger partial charge in [0.1, 0.15) is 0 Å². The van der Waals surface area contributed by atoms with Crippen LogP contribution in [0.5, 0.6) is 0 Å². The Balaban J connectivity index is 1.74. The Bertz CT molecular complexity index is 1630. The minimum Gasteiger partial charge on any atom is -0.203 e. The largest absolute Gasteiger partial charge is 0.203 e. The van der Waals surface area contributed by atoms with Crippen molar-refractivity contribution >= 4 is 34.5 Å². The average molecular weight is 565 g/mol. The van der Waals surface area contributed by atoms with Gasteiger partial charge in [-0.15, -0.1) is 10.9 Å². The maximum atomic E-state index is 2.63. The van der Waals surface area contributed by atoms with Gasteiger partial charge in [-0.25, -0.2) is 10.9 Å². The molecule has 0 saturated heterocycles. The standard InChI is InChI=1S/C41H51B2/c1-38(2,3)26-14-18-30-31-19-15-27(39(4,5)6)23-35(31)42(34(30)22-26)43(13)36-24-28(40(7,8)9)16-20-32(36)33-21-17-29(25-37(33)43)41(10,11)12/h14-25H,1-13H3/q-1. The molecule has 2 aliphatic rings. The smallest absolute Gasteiger partial charge is 0.0578 e. The lowest BCUT2D eigenvalue weighted by Crippen LogP contribution is -2.72. The molecule has 4 aromatic rings. The van der Waals surface area contributed by atoms with Crippen molar-refractivity contribution in [1.82, 2.24) is 0 Å². The Hall–Kier alpha value is -2.99. The van der Waals surface area contributed by atoms with Gasteiger partial charge in [0, 0.05) is 6.04 Å². The first-order valence-corrected chi connectivity index (χ1v) is 16.5. The zero-order valence-corrected chi connectivity index (χ0v) is 29.1. The molecule has 0 atom stereocenters. The van der Waals surface area contributed by atoms with Crippen molar-refractivity contribution in [1.29, 1.82) is 0 Å². The Morgan fingerprint density at radius 2 is 0.674 bits per heavy atom. The highest BCUT2D eigenvalue weighted by Gasteiger charge is 2.46. The number of fused-ring (bicyclic) bond motifs is 6. The van der Waals surface area contributed by atoms with Crippen LogP contribution in [0.1, 0.15) is 105 Å².